The third kappa shape index (κ3) is 5.33. The van der Waals surface area contributed by atoms with E-state index >= 15 is 0 Å². The van der Waals surface area contributed by atoms with E-state index in [0.717, 1.165) is 25.7 Å². The standard InChI is InChI=1S/C14H19NO2S/c1-2-3-4-5-9-18(16,17)12-14-8-6-7-13(10-14)11-15/h6-8,10H,2-5,9,12H2,1H3. The van der Waals surface area contributed by atoms with Crippen LogP contribution in [0.3, 0.4) is 0 Å². The number of unbranched alkanes of at least 4 members (excludes halogenated alkanes) is 3. The molecule has 0 saturated heterocycles. The number of sulfone groups is 1. The van der Waals surface area contributed by atoms with Crippen molar-refractivity contribution >= 4 is 9.84 Å². The van der Waals surface area contributed by atoms with E-state index in [-0.39, 0.29) is 11.5 Å². The molecule has 0 unspecified atom stereocenters. The molecule has 4 heteroatoms. The fourth-order valence-corrected chi connectivity index (χ4v) is 3.28. The molecule has 0 bridgehead atoms. The van der Waals surface area contributed by atoms with Crippen LogP contribution in [0.5, 0.6) is 0 Å². The van der Waals surface area contributed by atoms with Crippen LogP contribution in [0.25, 0.3) is 0 Å². The molecule has 18 heavy (non-hydrogen) atoms. The van der Waals surface area contributed by atoms with E-state index in [1.807, 2.05) is 6.07 Å². The van der Waals surface area contributed by atoms with E-state index in [2.05, 4.69) is 6.92 Å². The monoisotopic (exact) mass is 265 g/mol. The Bertz CT molecular complexity index is 515. The molecule has 0 aliphatic heterocycles. The topological polar surface area (TPSA) is 57.9 Å². The van der Waals surface area contributed by atoms with E-state index < -0.39 is 9.84 Å². The molecule has 0 heterocycles. The Labute approximate surface area is 109 Å². The molecule has 0 aliphatic carbocycles. The fraction of sp³-hybridized carbons (Fsp3) is 0.500. The Morgan fingerprint density at radius 1 is 1.22 bits per heavy atom. The fourth-order valence-electron chi connectivity index (χ4n) is 1.81. The normalized spacial score (nSPS) is 11.1. The zero-order chi connectivity index (χ0) is 13.4. The zero-order valence-corrected chi connectivity index (χ0v) is 11.5. The Morgan fingerprint density at radius 3 is 2.67 bits per heavy atom. The summed E-state index contributed by atoms with van der Waals surface area (Å²) in [6.07, 6.45) is 3.88. The molecule has 1 aromatic carbocycles. The Balaban J connectivity index is 2.57. The second-order valence-corrected chi connectivity index (χ2v) is 6.65. The third-order valence-corrected chi connectivity index (χ3v) is 4.44. The number of hydrogen-bond acceptors (Lipinski definition) is 3. The van der Waals surface area contributed by atoms with E-state index in [0.29, 0.717) is 11.1 Å². The first-order chi connectivity index (χ1) is 8.57. The highest BCUT2D eigenvalue weighted by Crippen LogP contribution is 2.11. The SMILES string of the molecule is CCCCCCS(=O)(=O)Cc1cccc(C#N)c1. The van der Waals surface area contributed by atoms with Crippen molar-refractivity contribution in [3.63, 3.8) is 0 Å². The van der Waals surface area contributed by atoms with E-state index in [1.54, 1.807) is 24.3 Å². The van der Waals surface area contributed by atoms with Gasteiger partial charge in [-0.25, -0.2) is 8.42 Å². The quantitative estimate of drug-likeness (QED) is 0.712. The van der Waals surface area contributed by atoms with Crippen molar-refractivity contribution in [3.05, 3.63) is 35.4 Å². The van der Waals surface area contributed by atoms with Crippen LogP contribution in [0.15, 0.2) is 24.3 Å². The second-order valence-electron chi connectivity index (χ2n) is 4.46. The van der Waals surface area contributed by atoms with E-state index in [1.165, 1.54) is 0 Å². The molecule has 0 amide bonds. The highest BCUT2D eigenvalue weighted by molar-refractivity contribution is 7.90. The molecule has 98 valence electrons. The van der Waals surface area contributed by atoms with Gasteiger partial charge in [0.1, 0.15) is 0 Å². The number of hydrogen-bond donors (Lipinski definition) is 0. The van der Waals surface area contributed by atoms with Gasteiger partial charge in [-0.15, -0.1) is 0 Å². The van der Waals surface area contributed by atoms with Gasteiger partial charge in [0, 0.05) is 0 Å². The first-order valence-electron chi connectivity index (χ1n) is 6.27. The first-order valence-corrected chi connectivity index (χ1v) is 8.09. The van der Waals surface area contributed by atoms with Gasteiger partial charge >= 0.3 is 0 Å². The molecule has 3 nitrogen and oxygen atoms in total. The maximum atomic E-state index is 11.9. The van der Waals surface area contributed by atoms with Crippen LogP contribution in [0.1, 0.15) is 43.7 Å². The lowest BCUT2D eigenvalue weighted by molar-refractivity contribution is 0.588. The minimum Gasteiger partial charge on any atom is -0.228 e. The summed E-state index contributed by atoms with van der Waals surface area (Å²) >= 11 is 0. The van der Waals surface area contributed by atoms with Gasteiger partial charge in [-0.1, -0.05) is 38.3 Å². The third-order valence-electron chi connectivity index (χ3n) is 2.75. The average Bonchev–Trinajstić information content (AvgIpc) is 2.34. The van der Waals surface area contributed by atoms with Gasteiger partial charge in [-0.2, -0.15) is 5.26 Å². The van der Waals surface area contributed by atoms with Crippen LogP contribution in [0.4, 0.5) is 0 Å². The van der Waals surface area contributed by atoms with Gasteiger partial charge in [0.25, 0.3) is 0 Å². The summed E-state index contributed by atoms with van der Waals surface area (Å²) in [5, 5.41) is 8.76. The van der Waals surface area contributed by atoms with E-state index in [4.69, 9.17) is 5.26 Å². The predicted molar refractivity (Wildman–Crippen MR) is 72.8 cm³/mol. The van der Waals surface area contributed by atoms with Gasteiger partial charge in [-0.05, 0) is 24.1 Å². The molecule has 0 aliphatic rings. The first kappa shape index (κ1) is 14.7. The summed E-state index contributed by atoms with van der Waals surface area (Å²) in [5.41, 5.74) is 1.21. The van der Waals surface area contributed by atoms with Crippen LogP contribution < -0.4 is 0 Å². The van der Waals surface area contributed by atoms with Crippen molar-refractivity contribution in [2.24, 2.45) is 0 Å². The molecule has 1 aromatic rings. The summed E-state index contributed by atoms with van der Waals surface area (Å²) in [6, 6.07) is 8.82. The van der Waals surface area contributed by atoms with Crippen LogP contribution in [0, 0.1) is 11.3 Å². The average molecular weight is 265 g/mol. The molecule has 0 spiro atoms. The summed E-state index contributed by atoms with van der Waals surface area (Å²) in [4.78, 5) is 0. The Kier molecular flexibility index (Phi) is 5.87. The van der Waals surface area contributed by atoms with E-state index in [9.17, 15) is 8.42 Å². The number of rotatable bonds is 7. The lowest BCUT2D eigenvalue weighted by Gasteiger charge is -2.04. The largest absolute Gasteiger partial charge is 0.228 e. The molecular formula is C14H19NO2S. The van der Waals surface area contributed by atoms with Crippen LogP contribution >= 0.6 is 0 Å². The lowest BCUT2D eigenvalue weighted by atomic mass is 10.2. The highest BCUT2D eigenvalue weighted by atomic mass is 32.2. The number of nitrogens with zero attached hydrogens (tertiary/aromatic N) is 1. The molecule has 0 N–H and O–H groups in total. The Hall–Kier alpha value is -1.34. The van der Waals surface area contributed by atoms with Crippen LogP contribution in [0.2, 0.25) is 0 Å². The molecule has 0 saturated carbocycles. The summed E-state index contributed by atoms with van der Waals surface area (Å²) in [6.45, 7) is 2.10. The van der Waals surface area contributed by atoms with Crippen LogP contribution in [-0.4, -0.2) is 14.2 Å². The maximum absolute atomic E-state index is 11.9. The molecule has 1 rings (SSSR count). The molecule has 0 aromatic heterocycles. The molecular weight excluding hydrogens is 246 g/mol. The molecule has 0 fully saturated rings. The van der Waals surface area contributed by atoms with Gasteiger partial charge in [-0.3, -0.25) is 0 Å². The lowest BCUT2D eigenvalue weighted by Crippen LogP contribution is -2.09. The summed E-state index contributed by atoms with van der Waals surface area (Å²) < 4.78 is 23.8. The smallest absolute Gasteiger partial charge is 0.154 e. The van der Waals surface area contributed by atoms with Gasteiger partial charge in [0.2, 0.25) is 0 Å². The van der Waals surface area contributed by atoms with Gasteiger partial charge in [0.05, 0.1) is 23.1 Å². The zero-order valence-electron chi connectivity index (χ0n) is 10.7. The van der Waals surface area contributed by atoms with Crippen molar-refractivity contribution in [1.82, 2.24) is 0 Å². The summed E-state index contributed by atoms with van der Waals surface area (Å²) in [5.74, 6) is 0.276. The molecule has 0 radical (unpaired) electrons. The predicted octanol–water partition coefficient (Wildman–Crippen LogP) is 3.05. The molecule has 0 atom stereocenters. The van der Waals surface area contributed by atoms with Crippen LogP contribution in [-0.2, 0) is 15.6 Å². The van der Waals surface area contributed by atoms with Gasteiger partial charge in [0.15, 0.2) is 9.84 Å². The van der Waals surface area contributed by atoms with Crippen molar-refractivity contribution in [3.8, 4) is 6.07 Å². The second kappa shape index (κ2) is 7.17. The minimum absolute atomic E-state index is 0.0364. The number of nitriles is 1. The number of benzene rings is 1. The summed E-state index contributed by atoms with van der Waals surface area (Å²) in [7, 11) is -3.05. The van der Waals surface area contributed by atoms with Gasteiger partial charge < -0.3 is 0 Å². The van der Waals surface area contributed by atoms with Crippen molar-refractivity contribution in [2.75, 3.05) is 5.75 Å². The Morgan fingerprint density at radius 2 is 2.00 bits per heavy atom. The maximum Gasteiger partial charge on any atom is 0.154 e. The minimum atomic E-state index is -3.05. The van der Waals surface area contributed by atoms with Crippen molar-refractivity contribution in [2.45, 2.75) is 38.4 Å². The van der Waals surface area contributed by atoms with Crippen molar-refractivity contribution in [1.29, 1.82) is 5.26 Å². The van der Waals surface area contributed by atoms with Crippen molar-refractivity contribution < 1.29 is 8.42 Å². The highest BCUT2D eigenvalue weighted by Gasteiger charge is 2.11.